The smallest absolute Gasteiger partial charge is 0.250 e. The first kappa shape index (κ1) is 31.0. The molecule has 5 N–H and O–H groups in total. The number of piperidine rings is 1. The van der Waals surface area contributed by atoms with Gasteiger partial charge in [-0.1, -0.05) is 61.5 Å². The maximum Gasteiger partial charge on any atom is 0.250 e. The van der Waals surface area contributed by atoms with Gasteiger partial charge in [-0.05, 0) is 66.6 Å². The zero-order valence-corrected chi connectivity index (χ0v) is 26.5. The van der Waals surface area contributed by atoms with Gasteiger partial charge in [0.2, 0.25) is 23.7 Å². The molecule has 2 unspecified atom stereocenters. The number of imidazole rings is 1. The average Bonchev–Trinajstić information content (AvgIpc) is 3.67. The number of nitrogens with one attached hydrogen (secondary N) is 3. The van der Waals surface area contributed by atoms with Crippen LogP contribution in [0.1, 0.15) is 50.8 Å². The van der Waals surface area contributed by atoms with Crippen LogP contribution in [-0.2, 0) is 20.8 Å². The van der Waals surface area contributed by atoms with Gasteiger partial charge >= 0.3 is 0 Å². The first-order chi connectivity index (χ1) is 22.1. The van der Waals surface area contributed by atoms with Gasteiger partial charge < -0.3 is 25.5 Å². The molecule has 6 rings (SSSR count). The number of rotatable bonds is 9. The SMILES string of the molecule is CC1CCN(C(=O)C(c2ccc3ccccc3c2)n2ccnc2NC(=O)C(Cc2c[nH]c3ccccc23)NC(=O)C(C)(C)N)CC1. The summed E-state index contributed by atoms with van der Waals surface area (Å²) in [6.45, 7) is 6.75. The molecule has 0 radical (unpaired) electrons. The van der Waals surface area contributed by atoms with Gasteiger partial charge in [-0.15, -0.1) is 0 Å². The fourth-order valence-corrected chi connectivity index (χ4v) is 6.09. The summed E-state index contributed by atoms with van der Waals surface area (Å²) in [7, 11) is 0. The monoisotopic (exact) mass is 619 g/mol. The molecule has 0 spiro atoms. The van der Waals surface area contributed by atoms with Crippen molar-refractivity contribution >= 4 is 45.3 Å². The van der Waals surface area contributed by atoms with Gasteiger partial charge in [0.15, 0.2) is 0 Å². The highest BCUT2D eigenvalue weighted by atomic mass is 16.2. The molecule has 1 aliphatic rings. The Balaban J connectivity index is 1.33. The van der Waals surface area contributed by atoms with Crippen LogP contribution in [0.15, 0.2) is 85.3 Å². The van der Waals surface area contributed by atoms with Crippen LogP contribution in [-0.4, -0.2) is 61.8 Å². The minimum atomic E-state index is -1.20. The molecule has 3 amide bonds. The minimum Gasteiger partial charge on any atom is -0.361 e. The highest BCUT2D eigenvalue weighted by Crippen LogP contribution is 2.30. The number of nitrogens with zero attached hydrogens (tertiary/aromatic N) is 3. The number of carbonyl (C=O) groups excluding carboxylic acids is 3. The van der Waals surface area contributed by atoms with Crippen LogP contribution in [0.5, 0.6) is 0 Å². The van der Waals surface area contributed by atoms with E-state index in [1.165, 1.54) is 0 Å². The lowest BCUT2D eigenvalue weighted by Crippen LogP contribution is -2.55. The summed E-state index contributed by atoms with van der Waals surface area (Å²) in [5.41, 5.74) is 7.50. The van der Waals surface area contributed by atoms with E-state index in [2.05, 4.69) is 27.5 Å². The first-order valence-electron chi connectivity index (χ1n) is 15.8. The van der Waals surface area contributed by atoms with Crippen LogP contribution in [0, 0.1) is 5.92 Å². The molecule has 1 aliphatic heterocycles. The van der Waals surface area contributed by atoms with Crippen LogP contribution < -0.4 is 16.4 Å². The van der Waals surface area contributed by atoms with Gasteiger partial charge in [-0.3, -0.25) is 19.7 Å². The summed E-state index contributed by atoms with van der Waals surface area (Å²) in [6.07, 6.45) is 7.24. The topological polar surface area (TPSA) is 138 Å². The predicted molar refractivity (Wildman–Crippen MR) is 180 cm³/mol. The molecule has 0 bridgehead atoms. The van der Waals surface area contributed by atoms with E-state index in [1.54, 1.807) is 30.8 Å². The number of H-pyrrole nitrogens is 1. The molecular weight excluding hydrogens is 578 g/mol. The summed E-state index contributed by atoms with van der Waals surface area (Å²) in [5.74, 6) is -0.198. The Labute approximate surface area is 268 Å². The van der Waals surface area contributed by atoms with E-state index in [1.807, 2.05) is 77.8 Å². The third-order valence-electron chi connectivity index (χ3n) is 8.91. The number of aromatic nitrogens is 3. The summed E-state index contributed by atoms with van der Waals surface area (Å²) < 4.78 is 1.72. The summed E-state index contributed by atoms with van der Waals surface area (Å²) >= 11 is 0. The Hall–Kier alpha value is -4.96. The van der Waals surface area contributed by atoms with Crippen molar-refractivity contribution in [1.29, 1.82) is 0 Å². The zero-order chi connectivity index (χ0) is 32.4. The first-order valence-corrected chi connectivity index (χ1v) is 15.8. The van der Waals surface area contributed by atoms with E-state index < -0.39 is 29.4 Å². The second-order valence-corrected chi connectivity index (χ2v) is 13.0. The molecule has 3 heterocycles. The van der Waals surface area contributed by atoms with E-state index >= 15 is 0 Å². The number of benzene rings is 3. The zero-order valence-electron chi connectivity index (χ0n) is 26.5. The third kappa shape index (κ3) is 6.53. The highest BCUT2D eigenvalue weighted by Gasteiger charge is 2.33. The quantitative estimate of drug-likeness (QED) is 0.188. The van der Waals surface area contributed by atoms with Crippen molar-refractivity contribution in [2.45, 2.75) is 57.7 Å². The van der Waals surface area contributed by atoms with Crippen molar-refractivity contribution in [3.05, 3.63) is 96.4 Å². The highest BCUT2D eigenvalue weighted by molar-refractivity contribution is 5.98. The lowest BCUT2D eigenvalue weighted by atomic mass is 9.96. The molecule has 10 nitrogen and oxygen atoms in total. The molecule has 10 heteroatoms. The van der Waals surface area contributed by atoms with Crippen molar-refractivity contribution in [3.63, 3.8) is 0 Å². The van der Waals surface area contributed by atoms with Crippen LogP contribution in [0.4, 0.5) is 5.95 Å². The average molecular weight is 620 g/mol. The molecule has 1 fully saturated rings. The number of para-hydroxylation sites is 1. The number of hydrogen-bond acceptors (Lipinski definition) is 5. The van der Waals surface area contributed by atoms with Crippen molar-refractivity contribution < 1.29 is 14.4 Å². The number of likely N-dealkylation sites (tertiary alicyclic amines) is 1. The Morgan fingerprint density at radius 2 is 1.74 bits per heavy atom. The number of amides is 3. The number of hydrogen-bond donors (Lipinski definition) is 4. The number of nitrogens with two attached hydrogens (primary N) is 1. The van der Waals surface area contributed by atoms with Crippen LogP contribution in [0.3, 0.4) is 0 Å². The number of anilines is 1. The third-order valence-corrected chi connectivity index (χ3v) is 8.91. The fourth-order valence-electron chi connectivity index (χ4n) is 6.09. The van der Waals surface area contributed by atoms with Gasteiger partial charge in [0.1, 0.15) is 12.1 Å². The maximum absolute atomic E-state index is 14.3. The van der Waals surface area contributed by atoms with Gasteiger partial charge in [0, 0.05) is 49.0 Å². The summed E-state index contributed by atoms with van der Waals surface area (Å²) in [4.78, 5) is 51.0. The number of fused-ring (bicyclic) bond motifs is 2. The Morgan fingerprint density at radius 3 is 2.50 bits per heavy atom. The van der Waals surface area contributed by atoms with Crippen LogP contribution in [0.25, 0.3) is 21.7 Å². The molecular formula is C36H41N7O3. The minimum absolute atomic E-state index is 0.0517. The fraction of sp³-hybridized carbons (Fsp3) is 0.333. The maximum atomic E-state index is 14.3. The summed E-state index contributed by atoms with van der Waals surface area (Å²) in [6, 6.07) is 20.1. The van der Waals surface area contributed by atoms with Crippen molar-refractivity contribution in [1.82, 2.24) is 24.8 Å². The summed E-state index contributed by atoms with van der Waals surface area (Å²) in [5, 5.41) is 8.83. The van der Waals surface area contributed by atoms with Gasteiger partial charge in [0.25, 0.3) is 0 Å². The van der Waals surface area contributed by atoms with Crippen LogP contribution in [0.2, 0.25) is 0 Å². The largest absolute Gasteiger partial charge is 0.361 e. The van der Waals surface area contributed by atoms with Crippen molar-refractivity contribution in [2.75, 3.05) is 18.4 Å². The molecule has 0 saturated carbocycles. The molecule has 1 saturated heterocycles. The van der Waals surface area contributed by atoms with E-state index in [9.17, 15) is 14.4 Å². The van der Waals surface area contributed by atoms with Gasteiger partial charge in [-0.25, -0.2) is 4.98 Å². The number of carbonyl (C=O) groups is 3. The molecule has 238 valence electrons. The lowest BCUT2D eigenvalue weighted by molar-refractivity contribution is -0.135. The molecule has 46 heavy (non-hydrogen) atoms. The van der Waals surface area contributed by atoms with Gasteiger partial charge in [-0.2, -0.15) is 0 Å². The Kier molecular flexibility index (Phi) is 8.64. The second kappa shape index (κ2) is 12.8. The van der Waals surface area contributed by atoms with Crippen molar-refractivity contribution in [2.24, 2.45) is 11.7 Å². The molecule has 5 aromatic rings. The molecule has 2 aromatic heterocycles. The number of aromatic amines is 1. The van der Waals surface area contributed by atoms with E-state index in [-0.39, 0.29) is 18.3 Å². The van der Waals surface area contributed by atoms with Gasteiger partial charge in [0.05, 0.1) is 5.54 Å². The second-order valence-electron chi connectivity index (χ2n) is 13.0. The predicted octanol–water partition coefficient (Wildman–Crippen LogP) is 4.77. The molecule has 2 atom stereocenters. The molecule has 3 aromatic carbocycles. The Morgan fingerprint density at radius 1 is 1.02 bits per heavy atom. The normalized spacial score (nSPS) is 15.5. The molecule has 0 aliphatic carbocycles. The van der Waals surface area contributed by atoms with E-state index in [0.717, 1.165) is 45.6 Å². The van der Waals surface area contributed by atoms with E-state index in [0.29, 0.717) is 19.0 Å². The standard InChI is InChI=1S/C36H41N7O3/c1-23-14-17-42(18-15-23)33(45)31(26-13-12-24-8-4-5-9-25(24)20-26)43-19-16-38-35(43)41-32(44)30(40-34(46)36(2,3)37)21-27-22-39-29-11-7-6-10-28(27)29/h4-13,16,19-20,22-23,30-31,39H,14-15,17-18,21,37H2,1-3H3,(H,40,46)(H,38,41,44). The lowest BCUT2D eigenvalue weighted by Gasteiger charge is -2.34. The van der Waals surface area contributed by atoms with Crippen molar-refractivity contribution in [3.8, 4) is 0 Å². The Bertz CT molecular complexity index is 1880. The van der Waals surface area contributed by atoms with Crippen LogP contribution >= 0.6 is 0 Å². The van der Waals surface area contributed by atoms with E-state index in [4.69, 9.17) is 5.73 Å².